The second-order valence-electron chi connectivity index (χ2n) is 2.67. The SMILES string of the molecule is O=C(O)c1cccc2sc(F)c(I)c12. The van der Waals surface area contributed by atoms with Crippen LogP contribution < -0.4 is 0 Å². The number of aromatic carboxylic acids is 1. The van der Waals surface area contributed by atoms with Crippen molar-refractivity contribution in [3.63, 3.8) is 0 Å². The summed E-state index contributed by atoms with van der Waals surface area (Å²) in [6, 6.07) is 4.83. The Morgan fingerprint density at radius 1 is 1.50 bits per heavy atom. The average molecular weight is 322 g/mol. The van der Waals surface area contributed by atoms with Gasteiger partial charge >= 0.3 is 5.97 Å². The van der Waals surface area contributed by atoms with Crippen LogP contribution in [0.3, 0.4) is 0 Å². The van der Waals surface area contributed by atoms with Gasteiger partial charge in [0.15, 0.2) is 5.13 Å². The summed E-state index contributed by atoms with van der Waals surface area (Å²) < 4.78 is 14.3. The van der Waals surface area contributed by atoms with Gasteiger partial charge in [0.25, 0.3) is 0 Å². The van der Waals surface area contributed by atoms with E-state index in [-0.39, 0.29) is 10.7 Å². The lowest BCUT2D eigenvalue weighted by Gasteiger charge is -1.96. The average Bonchev–Trinajstić information content (AvgIpc) is 2.43. The summed E-state index contributed by atoms with van der Waals surface area (Å²) in [5, 5.41) is 9.07. The Morgan fingerprint density at radius 2 is 2.21 bits per heavy atom. The summed E-state index contributed by atoms with van der Waals surface area (Å²) in [7, 11) is 0. The van der Waals surface area contributed by atoms with Crippen LogP contribution in [0.15, 0.2) is 18.2 Å². The smallest absolute Gasteiger partial charge is 0.336 e. The van der Waals surface area contributed by atoms with Gasteiger partial charge in [-0.25, -0.2) is 4.79 Å². The third kappa shape index (κ3) is 1.40. The molecule has 1 heterocycles. The van der Waals surface area contributed by atoms with Gasteiger partial charge in [-0.05, 0) is 34.7 Å². The van der Waals surface area contributed by atoms with Crippen molar-refractivity contribution in [3.8, 4) is 0 Å². The maximum Gasteiger partial charge on any atom is 0.336 e. The second kappa shape index (κ2) is 3.47. The van der Waals surface area contributed by atoms with E-state index in [0.29, 0.717) is 13.7 Å². The highest BCUT2D eigenvalue weighted by molar-refractivity contribution is 14.1. The molecule has 0 bridgehead atoms. The summed E-state index contributed by atoms with van der Waals surface area (Å²) in [6.07, 6.45) is 0. The van der Waals surface area contributed by atoms with Crippen LogP contribution in [0.25, 0.3) is 10.1 Å². The molecule has 2 rings (SSSR count). The van der Waals surface area contributed by atoms with E-state index in [0.717, 1.165) is 11.3 Å². The van der Waals surface area contributed by atoms with Crippen molar-refractivity contribution in [3.05, 3.63) is 32.5 Å². The van der Waals surface area contributed by atoms with E-state index in [9.17, 15) is 9.18 Å². The Kier molecular flexibility index (Phi) is 2.44. The normalized spacial score (nSPS) is 10.7. The molecule has 2 aromatic rings. The van der Waals surface area contributed by atoms with Crippen LogP contribution in [-0.4, -0.2) is 11.1 Å². The van der Waals surface area contributed by atoms with E-state index >= 15 is 0 Å². The molecule has 0 unspecified atom stereocenters. The Bertz CT molecular complexity index is 521. The number of carboxylic acid groups (broad SMARTS) is 1. The summed E-state index contributed by atoms with van der Waals surface area (Å²) in [4.78, 5) is 10.9. The van der Waals surface area contributed by atoms with Crippen LogP contribution in [-0.2, 0) is 0 Å². The molecule has 5 heteroatoms. The lowest BCUT2D eigenvalue weighted by Crippen LogP contribution is -1.96. The molecule has 0 aliphatic carbocycles. The van der Waals surface area contributed by atoms with Gasteiger partial charge in [-0.2, -0.15) is 4.39 Å². The van der Waals surface area contributed by atoms with Gasteiger partial charge in [-0.15, -0.1) is 11.3 Å². The summed E-state index contributed by atoms with van der Waals surface area (Å²) in [6.45, 7) is 0. The molecule has 2 nitrogen and oxygen atoms in total. The molecule has 1 aromatic carbocycles. The van der Waals surface area contributed by atoms with Crippen molar-refractivity contribution in [2.24, 2.45) is 0 Å². The molecule has 0 aliphatic heterocycles. The van der Waals surface area contributed by atoms with E-state index < -0.39 is 5.97 Å². The van der Waals surface area contributed by atoms with Crippen LogP contribution in [0.5, 0.6) is 0 Å². The third-order valence-corrected chi connectivity index (χ3v) is 4.17. The van der Waals surface area contributed by atoms with E-state index in [1.165, 1.54) is 6.07 Å². The Hall–Kier alpha value is -0.690. The van der Waals surface area contributed by atoms with Crippen molar-refractivity contribution in [1.82, 2.24) is 0 Å². The summed E-state index contributed by atoms with van der Waals surface area (Å²) >= 11 is 2.80. The number of thiophene rings is 1. The van der Waals surface area contributed by atoms with Gasteiger partial charge in [-0.1, -0.05) is 6.07 Å². The zero-order valence-corrected chi connectivity index (χ0v) is 9.73. The van der Waals surface area contributed by atoms with E-state index in [1.807, 2.05) is 22.6 Å². The quantitative estimate of drug-likeness (QED) is 0.818. The minimum absolute atomic E-state index is 0.159. The summed E-state index contributed by atoms with van der Waals surface area (Å²) in [5.74, 6) is -1.02. The number of hydrogen-bond acceptors (Lipinski definition) is 2. The van der Waals surface area contributed by atoms with Gasteiger partial charge in [-0.3, -0.25) is 0 Å². The lowest BCUT2D eigenvalue weighted by molar-refractivity contribution is 0.0699. The largest absolute Gasteiger partial charge is 0.478 e. The molecule has 0 aliphatic rings. The van der Waals surface area contributed by atoms with Crippen molar-refractivity contribution < 1.29 is 14.3 Å². The molecule has 0 amide bonds. The molecular weight excluding hydrogens is 318 g/mol. The second-order valence-corrected chi connectivity index (χ2v) is 4.75. The van der Waals surface area contributed by atoms with Crippen molar-refractivity contribution >= 4 is 50.0 Å². The van der Waals surface area contributed by atoms with Gasteiger partial charge in [0, 0.05) is 10.1 Å². The van der Waals surface area contributed by atoms with Gasteiger partial charge in [0.05, 0.1) is 9.13 Å². The fourth-order valence-corrected chi connectivity index (χ4v) is 3.20. The first kappa shape index (κ1) is 9.85. The molecule has 0 fully saturated rings. The summed E-state index contributed by atoms with van der Waals surface area (Å²) in [5.41, 5.74) is 0.159. The van der Waals surface area contributed by atoms with Gasteiger partial charge < -0.3 is 5.11 Å². The van der Waals surface area contributed by atoms with Crippen LogP contribution in [0, 0.1) is 8.70 Å². The highest BCUT2D eigenvalue weighted by Crippen LogP contribution is 2.33. The number of rotatable bonds is 1. The minimum atomic E-state index is -1.02. The zero-order chi connectivity index (χ0) is 10.3. The molecule has 0 saturated heterocycles. The first-order valence-corrected chi connectivity index (χ1v) is 5.60. The topological polar surface area (TPSA) is 37.3 Å². The maximum absolute atomic E-state index is 13.2. The van der Waals surface area contributed by atoms with E-state index in [1.54, 1.807) is 12.1 Å². The fourth-order valence-electron chi connectivity index (χ4n) is 1.26. The fraction of sp³-hybridized carbons (Fsp3) is 0. The predicted octanol–water partition coefficient (Wildman–Crippen LogP) is 3.34. The Labute approximate surface area is 96.5 Å². The molecule has 0 radical (unpaired) electrons. The predicted molar refractivity (Wildman–Crippen MR) is 61.5 cm³/mol. The van der Waals surface area contributed by atoms with E-state index in [2.05, 4.69) is 0 Å². The number of fused-ring (bicyclic) bond motifs is 1. The molecule has 14 heavy (non-hydrogen) atoms. The van der Waals surface area contributed by atoms with Crippen molar-refractivity contribution in [2.45, 2.75) is 0 Å². The monoisotopic (exact) mass is 322 g/mol. The van der Waals surface area contributed by atoms with E-state index in [4.69, 9.17) is 5.11 Å². The lowest BCUT2D eigenvalue weighted by atomic mass is 10.1. The maximum atomic E-state index is 13.2. The highest BCUT2D eigenvalue weighted by atomic mass is 127. The number of carboxylic acids is 1. The standard InChI is InChI=1S/C9H4FIO2S/c10-8-7(11)6-4(9(12)13)2-1-3-5(6)14-8/h1-3H,(H,12,13). The molecule has 0 saturated carbocycles. The number of benzene rings is 1. The van der Waals surface area contributed by atoms with Crippen molar-refractivity contribution in [1.29, 1.82) is 0 Å². The molecule has 1 N–H and O–H groups in total. The van der Waals surface area contributed by atoms with Crippen LogP contribution >= 0.6 is 33.9 Å². The molecule has 72 valence electrons. The third-order valence-electron chi connectivity index (χ3n) is 1.85. The first-order valence-electron chi connectivity index (χ1n) is 3.71. The van der Waals surface area contributed by atoms with Crippen molar-refractivity contribution in [2.75, 3.05) is 0 Å². The number of halogens is 2. The Balaban J connectivity index is 2.91. The number of hydrogen-bond donors (Lipinski definition) is 1. The van der Waals surface area contributed by atoms with Gasteiger partial charge in [0.2, 0.25) is 0 Å². The van der Waals surface area contributed by atoms with Crippen LogP contribution in [0.1, 0.15) is 10.4 Å². The molecular formula is C9H4FIO2S. The number of carbonyl (C=O) groups is 1. The Morgan fingerprint density at radius 3 is 2.86 bits per heavy atom. The molecule has 0 atom stereocenters. The minimum Gasteiger partial charge on any atom is -0.478 e. The highest BCUT2D eigenvalue weighted by Gasteiger charge is 2.16. The molecule has 1 aromatic heterocycles. The first-order chi connectivity index (χ1) is 6.61. The van der Waals surface area contributed by atoms with Gasteiger partial charge in [0.1, 0.15) is 0 Å². The van der Waals surface area contributed by atoms with Crippen LogP contribution in [0.4, 0.5) is 4.39 Å². The zero-order valence-electron chi connectivity index (χ0n) is 6.75. The molecule has 0 spiro atoms. The van der Waals surface area contributed by atoms with Crippen LogP contribution in [0.2, 0.25) is 0 Å².